The third-order valence-corrected chi connectivity index (χ3v) is 3.75. The molecule has 2 N–H and O–H groups in total. The number of nitrogens with one attached hydrogen (secondary N) is 2. The van der Waals surface area contributed by atoms with Crippen LogP contribution in [0.4, 0.5) is 0 Å². The maximum absolute atomic E-state index is 12.0. The number of aromatic amines is 1. The predicted octanol–water partition coefficient (Wildman–Crippen LogP) is 2.86. The van der Waals surface area contributed by atoms with Crippen LogP contribution in [0.3, 0.4) is 0 Å². The van der Waals surface area contributed by atoms with Crippen molar-refractivity contribution in [1.82, 2.24) is 15.6 Å². The Morgan fingerprint density at radius 3 is 2.69 bits per heavy atom. The molecule has 1 amide bonds. The van der Waals surface area contributed by atoms with Gasteiger partial charge in [-0.05, 0) is 24.3 Å². The zero-order valence-corrected chi connectivity index (χ0v) is 14.4. The number of aromatic nitrogens is 2. The van der Waals surface area contributed by atoms with Gasteiger partial charge in [0, 0.05) is 22.8 Å². The van der Waals surface area contributed by atoms with Crippen molar-refractivity contribution in [3.8, 4) is 22.8 Å². The van der Waals surface area contributed by atoms with E-state index in [4.69, 9.17) is 9.47 Å². The Morgan fingerprint density at radius 2 is 1.96 bits per heavy atom. The van der Waals surface area contributed by atoms with E-state index in [1.165, 1.54) is 6.21 Å². The lowest BCUT2D eigenvalue weighted by Gasteiger charge is -2.09. The molecule has 0 unspecified atom stereocenters. The van der Waals surface area contributed by atoms with Gasteiger partial charge in [-0.1, -0.05) is 18.2 Å². The van der Waals surface area contributed by atoms with Gasteiger partial charge < -0.3 is 9.47 Å². The van der Waals surface area contributed by atoms with E-state index in [-0.39, 0.29) is 5.91 Å². The van der Waals surface area contributed by atoms with E-state index >= 15 is 0 Å². The van der Waals surface area contributed by atoms with Crippen LogP contribution < -0.4 is 14.9 Å². The monoisotopic (exact) mass is 350 g/mol. The fraction of sp³-hybridized carbons (Fsp3) is 0.105. The second kappa shape index (κ2) is 7.98. The number of ether oxygens (including phenoxy) is 2. The minimum atomic E-state index is -0.283. The number of methoxy groups -OCH3 is 2. The van der Waals surface area contributed by atoms with Crippen LogP contribution in [0.5, 0.6) is 11.5 Å². The number of hydrogen-bond acceptors (Lipinski definition) is 5. The lowest BCUT2D eigenvalue weighted by atomic mass is 10.1. The van der Waals surface area contributed by atoms with Crippen molar-refractivity contribution in [2.45, 2.75) is 0 Å². The Kier molecular flexibility index (Phi) is 5.28. The zero-order chi connectivity index (χ0) is 18.4. The summed E-state index contributed by atoms with van der Waals surface area (Å²) < 4.78 is 10.6. The summed E-state index contributed by atoms with van der Waals surface area (Å²) in [6.07, 6.45) is 3.15. The number of hydrazone groups is 1. The largest absolute Gasteiger partial charge is 0.497 e. The van der Waals surface area contributed by atoms with Crippen LogP contribution in [0.25, 0.3) is 11.3 Å². The lowest BCUT2D eigenvalue weighted by molar-refractivity contribution is 0.0955. The number of carbonyl (C=O) groups excluding carboxylic acids is 1. The summed E-state index contributed by atoms with van der Waals surface area (Å²) in [5, 5.41) is 11.0. The number of hydrogen-bond donors (Lipinski definition) is 2. The van der Waals surface area contributed by atoms with Gasteiger partial charge in [0.05, 0.1) is 32.3 Å². The molecule has 7 heteroatoms. The summed E-state index contributed by atoms with van der Waals surface area (Å²) in [6.45, 7) is 0. The van der Waals surface area contributed by atoms with Gasteiger partial charge in [-0.25, -0.2) is 5.43 Å². The normalized spacial score (nSPS) is 10.7. The summed E-state index contributed by atoms with van der Waals surface area (Å²) in [5.74, 6) is 1.04. The second-order valence-corrected chi connectivity index (χ2v) is 5.33. The van der Waals surface area contributed by atoms with Crippen LogP contribution in [0.15, 0.2) is 59.8 Å². The summed E-state index contributed by atoms with van der Waals surface area (Å²) in [4.78, 5) is 12.0. The standard InChI is InChI=1S/C19H18N4O3/c1-25-15-8-9-16(17(10-15)26-2)18-14(11-20-22-18)12-21-23-19(24)13-6-4-3-5-7-13/h3-12H,1-2H3,(H,20,22)(H,23,24). The smallest absolute Gasteiger partial charge is 0.271 e. The summed E-state index contributed by atoms with van der Waals surface area (Å²) >= 11 is 0. The maximum atomic E-state index is 12.0. The van der Waals surface area contributed by atoms with Crippen LogP contribution in [0.1, 0.15) is 15.9 Å². The van der Waals surface area contributed by atoms with E-state index in [0.717, 1.165) is 11.3 Å². The second-order valence-electron chi connectivity index (χ2n) is 5.33. The molecule has 3 aromatic rings. The first-order valence-corrected chi connectivity index (χ1v) is 7.87. The zero-order valence-electron chi connectivity index (χ0n) is 14.4. The Balaban J connectivity index is 1.80. The van der Waals surface area contributed by atoms with Gasteiger partial charge in [-0.3, -0.25) is 9.89 Å². The highest BCUT2D eigenvalue weighted by Gasteiger charge is 2.13. The van der Waals surface area contributed by atoms with Gasteiger partial charge in [0.1, 0.15) is 11.5 Å². The summed E-state index contributed by atoms with van der Waals surface area (Å²) in [7, 11) is 3.18. The molecule has 26 heavy (non-hydrogen) atoms. The van der Waals surface area contributed by atoms with Crippen molar-refractivity contribution in [2.75, 3.05) is 14.2 Å². The van der Waals surface area contributed by atoms with Crippen LogP contribution in [-0.4, -0.2) is 36.5 Å². The summed E-state index contributed by atoms with van der Waals surface area (Å²) in [6, 6.07) is 14.4. The molecule has 0 spiro atoms. The Hall–Kier alpha value is -3.61. The average molecular weight is 350 g/mol. The highest BCUT2D eigenvalue weighted by molar-refractivity contribution is 5.95. The first kappa shape index (κ1) is 17.2. The molecule has 1 heterocycles. The van der Waals surface area contributed by atoms with Crippen molar-refractivity contribution < 1.29 is 14.3 Å². The number of benzene rings is 2. The molecule has 2 aromatic carbocycles. The van der Waals surface area contributed by atoms with Gasteiger partial charge in [-0.15, -0.1) is 0 Å². The van der Waals surface area contributed by atoms with Gasteiger partial charge in [0.2, 0.25) is 0 Å². The fourth-order valence-electron chi connectivity index (χ4n) is 2.43. The summed E-state index contributed by atoms with van der Waals surface area (Å²) in [5.41, 5.74) is 5.28. The van der Waals surface area contributed by atoms with Crippen LogP contribution in [0.2, 0.25) is 0 Å². The Bertz CT molecular complexity index is 920. The minimum Gasteiger partial charge on any atom is -0.497 e. The number of rotatable bonds is 6. The van der Waals surface area contributed by atoms with Gasteiger partial charge in [0.25, 0.3) is 5.91 Å². The topological polar surface area (TPSA) is 88.6 Å². The molecule has 0 fully saturated rings. The molecule has 0 saturated carbocycles. The Labute approximate surface area is 150 Å². The molecule has 7 nitrogen and oxygen atoms in total. The highest BCUT2D eigenvalue weighted by atomic mass is 16.5. The molecule has 0 aliphatic carbocycles. The fourth-order valence-corrected chi connectivity index (χ4v) is 2.43. The van der Waals surface area contributed by atoms with Gasteiger partial charge in [0.15, 0.2) is 0 Å². The molecule has 0 radical (unpaired) electrons. The lowest BCUT2D eigenvalue weighted by Crippen LogP contribution is -2.17. The van der Waals surface area contributed by atoms with Crippen molar-refractivity contribution in [3.05, 3.63) is 65.9 Å². The Morgan fingerprint density at radius 1 is 1.15 bits per heavy atom. The highest BCUT2D eigenvalue weighted by Crippen LogP contribution is 2.33. The van der Waals surface area contributed by atoms with Crippen molar-refractivity contribution in [1.29, 1.82) is 0 Å². The van der Waals surface area contributed by atoms with Gasteiger partial charge >= 0.3 is 0 Å². The van der Waals surface area contributed by atoms with E-state index in [1.54, 1.807) is 50.7 Å². The molecule has 0 aliphatic rings. The maximum Gasteiger partial charge on any atom is 0.271 e. The molecule has 0 saturated heterocycles. The number of H-pyrrole nitrogens is 1. The molecular weight excluding hydrogens is 332 g/mol. The van der Waals surface area contributed by atoms with Crippen LogP contribution in [0, 0.1) is 0 Å². The van der Waals surface area contributed by atoms with Crippen molar-refractivity contribution in [3.63, 3.8) is 0 Å². The van der Waals surface area contributed by atoms with Crippen molar-refractivity contribution >= 4 is 12.1 Å². The SMILES string of the molecule is COc1ccc(-c2[nH]ncc2C=NNC(=O)c2ccccc2)c(OC)c1. The quantitative estimate of drug-likeness (QED) is 0.528. The molecule has 3 rings (SSSR count). The molecular formula is C19H18N4O3. The van der Waals surface area contributed by atoms with E-state index in [2.05, 4.69) is 20.7 Å². The molecule has 1 aromatic heterocycles. The molecule has 0 aliphatic heterocycles. The predicted molar refractivity (Wildman–Crippen MR) is 98.6 cm³/mol. The molecule has 132 valence electrons. The van der Waals surface area contributed by atoms with Gasteiger partial charge in [-0.2, -0.15) is 10.2 Å². The van der Waals surface area contributed by atoms with Crippen LogP contribution in [-0.2, 0) is 0 Å². The number of carbonyl (C=O) groups is 1. The van der Waals surface area contributed by atoms with E-state index in [0.29, 0.717) is 22.6 Å². The minimum absolute atomic E-state index is 0.283. The molecule has 0 atom stereocenters. The third kappa shape index (κ3) is 3.72. The van der Waals surface area contributed by atoms with E-state index < -0.39 is 0 Å². The average Bonchev–Trinajstić information content (AvgIpc) is 3.16. The van der Waals surface area contributed by atoms with E-state index in [1.807, 2.05) is 18.2 Å². The first-order valence-electron chi connectivity index (χ1n) is 7.87. The van der Waals surface area contributed by atoms with Crippen LogP contribution >= 0.6 is 0 Å². The molecule has 0 bridgehead atoms. The first-order chi connectivity index (χ1) is 12.7. The number of amides is 1. The number of nitrogens with zero attached hydrogens (tertiary/aromatic N) is 2. The van der Waals surface area contributed by atoms with Crippen molar-refractivity contribution in [2.24, 2.45) is 5.10 Å². The van der Waals surface area contributed by atoms with E-state index in [9.17, 15) is 4.79 Å². The third-order valence-electron chi connectivity index (χ3n) is 3.75.